The molecule has 0 bridgehead atoms. The molecule has 8 heteroatoms. The first-order valence-electron chi connectivity index (χ1n) is 14.1. The van der Waals surface area contributed by atoms with Crippen molar-refractivity contribution in [1.82, 2.24) is 10.2 Å². The molecule has 0 spiro atoms. The zero-order valence-electron chi connectivity index (χ0n) is 24.1. The molecule has 41 heavy (non-hydrogen) atoms. The predicted octanol–water partition coefficient (Wildman–Crippen LogP) is 5.18. The Morgan fingerprint density at radius 2 is 1.41 bits per heavy atom. The smallest absolute Gasteiger partial charge is 0.261 e. The van der Waals surface area contributed by atoms with E-state index in [2.05, 4.69) is 5.32 Å². The molecule has 0 saturated heterocycles. The summed E-state index contributed by atoms with van der Waals surface area (Å²) >= 11 is 0. The SMILES string of the molecule is COc1cccc(CN(C(=O)COc2cc(OC)cc(OC)c2)C(Cc2ccccc2)C(=O)NC2CCCCC2)c1. The van der Waals surface area contributed by atoms with E-state index in [0.717, 1.165) is 36.8 Å². The van der Waals surface area contributed by atoms with Crippen molar-refractivity contribution in [3.05, 3.63) is 83.9 Å². The lowest BCUT2D eigenvalue weighted by Crippen LogP contribution is -2.53. The number of nitrogens with zero attached hydrogens (tertiary/aromatic N) is 1. The molecule has 1 atom stereocenters. The van der Waals surface area contributed by atoms with E-state index in [1.807, 2.05) is 54.6 Å². The Kier molecular flexibility index (Phi) is 10.9. The first kappa shape index (κ1) is 29.8. The van der Waals surface area contributed by atoms with Gasteiger partial charge in [0.15, 0.2) is 6.61 Å². The highest BCUT2D eigenvalue weighted by Gasteiger charge is 2.32. The van der Waals surface area contributed by atoms with Crippen molar-refractivity contribution in [2.75, 3.05) is 27.9 Å². The molecule has 1 fully saturated rings. The van der Waals surface area contributed by atoms with Gasteiger partial charge in [0.2, 0.25) is 5.91 Å². The van der Waals surface area contributed by atoms with Crippen molar-refractivity contribution in [2.45, 2.75) is 57.2 Å². The fourth-order valence-corrected chi connectivity index (χ4v) is 5.16. The average Bonchev–Trinajstić information content (AvgIpc) is 3.02. The fourth-order valence-electron chi connectivity index (χ4n) is 5.16. The lowest BCUT2D eigenvalue weighted by Gasteiger charge is -2.33. The zero-order valence-corrected chi connectivity index (χ0v) is 24.1. The zero-order chi connectivity index (χ0) is 29.0. The summed E-state index contributed by atoms with van der Waals surface area (Å²) in [5, 5.41) is 3.26. The summed E-state index contributed by atoms with van der Waals surface area (Å²) in [4.78, 5) is 29.5. The van der Waals surface area contributed by atoms with E-state index in [0.29, 0.717) is 29.4 Å². The number of hydrogen-bond donors (Lipinski definition) is 1. The second kappa shape index (κ2) is 15.0. The number of benzene rings is 3. The van der Waals surface area contributed by atoms with Gasteiger partial charge in [0, 0.05) is 37.2 Å². The Balaban J connectivity index is 1.63. The molecule has 8 nitrogen and oxygen atoms in total. The van der Waals surface area contributed by atoms with Gasteiger partial charge >= 0.3 is 0 Å². The van der Waals surface area contributed by atoms with Gasteiger partial charge in [-0.3, -0.25) is 9.59 Å². The molecule has 1 saturated carbocycles. The van der Waals surface area contributed by atoms with E-state index in [-0.39, 0.29) is 31.0 Å². The lowest BCUT2D eigenvalue weighted by atomic mass is 9.94. The minimum atomic E-state index is -0.735. The summed E-state index contributed by atoms with van der Waals surface area (Å²) in [6.45, 7) is -0.0430. The molecule has 0 aliphatic heterocycles. The minimum Gasteiger partial charge on any atom is -0.497 e. The highest BCUT2D eigenvalue weighted by atomic mass is 16.5. The van der Waals surface area contributed by atoms with Gasteiger partial charge in [0.25, 0.3) is 5.91 Å². The second-order valence-corrected chi connectivity index (χ2v) is 10.3. The first-order valence-corrected chi connectivity index (χ1v) is 14.1. The van der Waals surface area contributed by atoms with Crippen molar-refractivity contribution in [2.24, 2.45) is 0 Å². The van der Waals surface area contributed by atoms with Crippen LogP contribution in [-0.4, -0.2) is 56.7 Å². The highest BCUT2D eigenvalue weighted by Crippen LogP contribution is 2.28. The van der Waals surface area contributed by atoms with Crippen LogP contribution in [0, 0.1) is 0 Å². The van der Waals surface area contributed by atoms with Crippen LogP contribution in [-0.2, 0) is 22.6 Å². The molecular weight excluding hydrogens is 520 g/mol. The summed E-state index contributed by atoms with van der Waals surface area (Å²) in [7, 11) is 4.71. The van der Waals surface area contributed by atoms with E-state index in [9.17, 15) is 9.59 Å². The van der Waals surface area contributed by atoms with Gasteiger partial charge in [-0.25, -0.2) is 0 Å². The molecule has 4 rings (SSSR count). The van der Waals surface area contributed by atoms with Crippen LogP contribution in [0.4, 0.5) is 0 Å². The largest absolute Gasteiger partial charge is 0.497 e. The Hall–Kier alpha value is -4.20. The molecule has 1 N–H and O–H groups in total. The molecule has 1 aliphatic carbocycles. The van der Waals surface area contributed by atoms with Gasteiger partial charge in [-0.2, -0.15) is 0 Å². The van der Waals surface area contributed by atoms with Crippen molar-refractivity contribution in [3.8, 4) is 23.0 Å². The number of methoxy groups -OCH3 is 3. The number of ether oxygens (including phenoxy) is 4. The third-order valence-electron chi connectivity index (χ3n) is 7.40. The summed E-state index contributed by atoms with van der Waals surface area (Å²) in [5.74, 6) is 1.75. The number of carbonyl (C=O) groups excluding carboxylic acids is 2. The third-order valence-corrected chi connectivity index (χ3v) is 7.40. The maximum atomic E-state index is 13.9. The van der Waals surface area contributed by atoms with E-state index in [4.69, 9.17) is 18.9 Å². The molecular formula is C33H40N2O6. The Morgan fingerprint density at radius 3 is 2.07 bits per heavy atom. The van der Waals surface area contributed by atoms with E-state index >= 15 is 0 Å². The number of hydrogen-bond acceptors (Lipinski definition) is 6. The van der Waals surface area contributed by atoms with Crippen LogP contribution in [0.3, 0.4) is 0 Å². The van der Waals surface area contributed by atoms with Crippen LogP contribution >= 0.6 is 0 Å². The van der Waals surface area contributed by atoms with Crippen LogP contribution in [0.15, 0.2) is 72.8 Å². The van der Waals surface area contributed by atoms with Crippen molar-refractivity contribution in [3.63, 3.8) is 0 Å². The molecule has 1 aliphatic rings. The molecule has 218 valence electrons. The number of carbonyl (C=O) groups is 2. The normalized spacial score (nSPS) is 14.0. The third kappa shape index (κ3) is 8.64. The number of rotatable bonds is 13. The molecule has 1 unspecified atom stereocenters. The summed E-state index contributed by atoms with van der Waals surface area (Å²) in [6.07, 6.45) is 5.66. The average molecular weight is 561 g/mol. The van der Waals surface area contributed by atoms with Crippen molar-refractivity contribution >= 4 is 11.8 Å². The maximum Gasteiger partial charge on any atom is 0.261 e. The van der Waals surface area contributed by atoms with Crippen molar-refractivity contribution in [1.29, 1.82) is 0 Å². The standard InChI is InChI=1S/C33H40N2O6/c1-38-27-16-10-13-25(17-27)22-35(32(36)23-41-30-20-28(39-2)19-29(21-30)40-3)31(18-24-11-6-4-7-12-24)33(37)34-26-14-8-5-9-15-26/h4,6-7,10-13,16-17,19-21,26,31H,5,8-9,14-15,18,22-23H2,1-3H3,(H,34,37). The summed E-state index contributed by atoms with van der Waals surface area (Å²) < 4.78 is 22.0. The lowest BCUT2D eigenvalue weighted by molar-refractivity contribution is -0.143. The van der Waals surface area contributed by atoms with Crippen molar-refractivity contribution < 1.29 is 28.5 Å². The van der Waals surface area contributed by atoms with Crippen LogP contribution in [0.25, 0.3) is 0 Å². The molecule has 3 aromatic carbocycles. The molecule has 2 amide bonds. The number of amides is 2. The Morgan fingerprint density at radius 1 is 0.780 bits per heavy atom. The summed E-state index contributed by atoms with van der Waals surface area (Å²) in [5.41, 5.74) is 1.82. The van der Waals surface area contributed by atoms with Crippen LogP contribution in [0.5, 0.6) is 23.0 Å². The first-order chi connectivity index (χ1) is 20.0. The van der Waals surface area contributed by atoms with E-state index in [1.54, 1.807) is 44.4 Å². The van der Waals surface area contributed by atoms with E-state index in [1.165, 1.54) is 6.42 Å². The maximum absolute atomic E-state index is 13.9. The molecule has 0 heterocycles. The topological polar surface area (TPSA) is 86.3 Å². The van der Waals surface area contributed by atoms with Crippen LogP contribution in [0.1, 0.15) is 43.2 Å². The van der Waals surface area contributed by atoms with Gasteiger partial charge in [-0.1, -0.05) is 61.7 Å². The Bertz CT molecular complexity index is 1250. The second-order valence-electron chi connectivity index (χ2n) is 10.3. The fraction of sp³-hybridized carbons (Fsp3) is 0.394. The van der Waals surface area contributed by atoms with Gasteiger partial charge in [-0.15, -0.1) is 0 Å². The number of nitrogens with one attached hydrogen (secondary N) is 1. The van der Waals surface area contributed by atoms with Gasteiger partial charge in [-0.05, 0) is 36.1 Å². The molecule has 0 aromatic heterocycles. The molecule has 0 radical (unpaired) electrons. The predicted molar refractivity (Wildman–Crippen MR) is 158 cm³/mol. The van der Waals surface area contributed by atoms with Crippen LogP contribution < -0.4 is 24.3 Å². The minimum absolute atomic E-state index is 0.115. The quantitative estimate of drug-likeness (QED) is 0.310. The van der Waals surface area contributed by atoms with Gasteiger partial charge < -0.3 is 29.2 Å². The molecule has 3 aromatic rings. The Labute approximate surface area is 242 Å². The monoisotopic (exact) mass is 560 g/mol. The van der Waals surface area contributed by atoms with E-state index < -0.39 is 6.04 Å². The van der Waals surface area contributed by atoms with Crippen LogP contribution in [0.2, 0.25) is 0 Å². The van der Waals surface area contributed by atoms with Gasteiger partial charge in [0.1, 0.15) is 29.0 Å². The van der Waals surface area contributed by atoms with Gasteiger partial charge in [0.05, 0.1) is 21.3 Å². The summed E-state index contributed by atoms with van der Waals surface area (Å²) in [6, 6.07) is 21.8. The highest BCUT2D eigenvalue weighted by molar-refractivity contribution is 5.88.